The lowest BCUT2D eigenvalue weighted by atomic mass is 10.5. The van der Waals surface area contributed by atoms with E-state index in [2.05, 4.69) is 15.3 Å². The lowest BCUT2D eigenvalue weighted by molar-refractivity contribution is -0.126. The van der Waals surface area contributed by atoms with Crippen molar-refractivity contribution in [1.82, 2.24) is 14.9 Å². The molecule has 0 radical (unpaired) electrons. The first-order chi connectivity index (χ1) is 7.52. The van der Waals surface area contributed by atoms with E-state index in [0.717, 1.165) is 0 Å². The molecule has 1 aromatic rings. The number of aromatic nitrogens is 2. The van der Waals surface area contributed by atoms with Gasteiger partial charge in [-0.3, -0.25) is 4.79 Å². The van der Waals surface area contributed by atoms with Crippen LogP contribution < -0.4 is 11.1 Å². The third kappa shape index (κ3) is 3.58. The summed E-state index contributed by atoms with van der Waals surface area (Å²) in [6.07, 6.45) is 1.86. The predicted octanol–water partition coefficient (Wildman–Crippen LogP) is 0.281. The molecule has 16 heavy (non-hydrogen) atoms. The number of carbonyl (C=O) groups is 1. The fourth-order valence-corrected chi connectivity index (χ4v) is 1.34. The van der Waals surface area contributed by atoms with Crippen molar-refractivity contribution in [2.24, 2.45) is 0 Å². The molecular weight excluding hydrogens is 226 g/mol. The van der Waals surface area contributed by atoms with E-state index in [0.29, 0.717) is 16.8 Å². The monoisotopic (exact) mass is 241 g/mol. The van der Waals surface area contributed by atoms with Crippen LogP contribution in [0.2, 0.25) is 0 Å². The van der Waals surface area contributed by atoms with Gasteiger partial charge in [-0.25, -0.2) is 9.97 Å². The number of nitrogens with one attached hydrogen (secondary N) is 1. The van der Waals surface area contributed by atoms with Crippen LogP contribution in [0.5, 0.6) is 0 Å². The van der Waals surface area contributed by atoms with E-state index in [1.54, 1.807) is 20.2 Å². The Morgan fingerprint density at radius 1 is 1.56 bits per heavy atom. The highest BCUT2D eigenvalue weighted by Gasteiger charge is 2.05. The molecule has 88 valence electrons. The van der Waals surface area contributed by atoms with Crippen LogP contribution in [0.15, 0.2) is 11.2 Å². The summed E-state index contributed by atoms with van der Waals surface area (Å²) in [5.74, 6) is 0.925. The van der Waals surface area contributed by atoms with Crippen molar-refractivity contribution >= 4 is 29.3 Å². The van der Waals surface area contributed by atoms with Crippen molar-refractivity contribution < 1.29 is 4.79 Å². The van der Waals surface area contributed by atoms with Crippen LogP contribution in [-0.4, -0.2) is 47.7 Å². The van der Waals surface area contributed by atoms with Gasteiger partial charge in [0.2, 0.25) is 5.91 Å². The summed E-state index contributed by atoms with van der Waals surface area (Å²) in [7, 11) is 3.40. The highest BCUT2D eigenvalue weighted by Crippen LogP contribution is 2.14. The Morgan fingerprint density at radius 2 is 2.25 bits per heavy atom. The quantitative estimate of drug-likeness (QED) is 0.582. The molecule has 7 heteroatoms. The van der Waals surface area contributed by atoms with Crippen molar-refractivity contribution in [3.05, 3.63) is 6.07 Å². The van der Waals surface area contributed by atoms with Gasteiger partial charge in [0.15, 0.2) is 5.16 Å². The van der Waals surface area contributed by atoms with Gasteiger partial charge in [0.05, 0.1) is 6.54 Å². The molecule has 0 spiro atoms. The molecule has 0 aliphatic rings. The summed E-state index contributed by atoms with van der Waals surface area (Å²) in [5, 5.41) is 3.49. The molecule has 0 aliphatic carbocycles. The number of hydrogen-bond donors (Lipinski definition) is 2. The number of hydrogen-bond acceptors (Lipinski definition) is 6. The summed E-state index contributed by atoms with van der Waals surface area (Å²) in [4.78, 5) is 21.0. The van der Waals surface area contributed by atoms with Gasteiger partial charge >= 0.3 is 0 Å². The maximum atomic E-state index is 11.3. The minimum absolute atomic E-state index is 0.0251. The smallest absolute Gasteiger partial charge is 0.241 e. The van der Waals surface area contributed by atoms with Crippen molar-refractivity contribution in [2.45, 2.75) is 5.16 Å². The molecule has 1 amide bonds. The molecule has 1 heterocycles. The summed E-state index contributed by atoms with van der Waals surface area (Å²) in [6.45, 7) is 0.192. The van der Waals surface area contributed by atoms with Crippen LogP contribution in [0.4, 0.5) is 11.6 Å². The SMILES string of the molecule is CSc1nc(N)cc(NCC(=O)N(C)C)n1. The van der Waals surface area contributed by atoms with Crippen molar-refractivity contribution in [2.75, 3.05) is 37.9 Å². The molecule has 0 unspecified atom stereocenters. The highest BCUT2D eigenvalue weighted by molar-refractivity contribution is 7.98. The fraction of sp³-hybridized carbons (Fsp3) is 0.444. The van der Waals surface area contributed by atoms with E-state index >= 15 is 0 Å². The predicted molar refractivity (Wildman–Crippen MR) is 65.4 cm³/mol. The normalized spacial score (nSPS) is 9.94. The first-order valence-electron chi connectivity index (χ1n) is 4.65. The standard InChI is InChI=1S/C9H15N5OS/c1-14(2)8(15)5-11-7-4-6(10)12-9(13-7)16-3/h4H,5H2,1-3H3,(H3,10,11,12,13). The second-order valence-corrected chi connectivity index (χ2v) is 4.08. The zero-order valence-electron chi connectivity index (χ0n) is 9.52. The van der Waals surface area contributed by atoms with E-state index in [4.69, 9.17) is 5.73 Å². The molecule has 0 bridgehead atoms. The summed E-state index contributed by atoms with van der Waals surface area (Å²) in [5.41, 5.74) is 5.60. The Hall–Kier alpha value is -1.50. The average Bonchev–Trinajstić information content (AvgIpc) is 2.24. The molecule has 0 fully saturated rings. The van der Waals surface area contributed by atoms with Gasteiger partial charge < -0.3 is 16.0 Å². The zero-order valence-corrected chi connectivity index (χ0v) is 10.3. The Kier molecular flexibility index (Phi) is 4.36. The van der Waals surface area contributed by atoms with Crippen molar-refractivity contribution in [1.29, 1.82) is 0 Å². The van der Waals surface area contributed by atoms with Crippen LogP contribution in [-0.2, 0) is 4.79 Å². The summed E-state index contributed by atoms with van der Waals surface area (Å²) >= 11 is 1.40. The molecular formula is C9H15N5OS. The van der Waals surface area contributed by atoms with Crippen molar-refractivity contribution in [3.63, 3.8) is 0 Å². The molecule has 0 atom stereocenters. The van der Waals surface area contributed by atoms with E-state index < -0.39 is 0 Å². The summed E-state index contributed by atoms with van der Waals surface area (Å²) in [6, 6.07) is 1.60. The van der Waals surface area contributed by atoms with E-state index in [1.807, 2.05) is 6.26 Å². The van der Waals surface area contributed by atoms with Gasteiger partial charge in [-0.2, -0.15) is 0 Å². The molecule has 0 saturated heterocycles. The number of amides is 1. The Bertz CT molecular complexity index is 382. The second kappa shape index (κ2) is 5.55. The van der Waals surface area contributed by atoms with Gasteiger partial charge in [0.25, 0.3) is 0 Å². The Morgan fingerprint density at radius 3 is 2.81 bits per heavy atom. The first-order valence-corrected chi connectivity index (χ1v) is 5.88. The molecule has 0 aromatic carbocycles. The van der Waals surface area contributed by atoms with E-state index in [1.165, 1.54) is 16.7 Å². The largest absolute Gasteiger partial charge is 0.383 e. The minimum Gasteiger partial charge on any atom is -0.383 e. The number of anilines is 2. The first kappa shape index (κ1) is 12.6. The molecule has 6 nitrogen and oxygen atoms in total. The number of nitrogens with two attached hydrogens (primary N) is 1. The van der Waals surface area contributed by atoms with Gasteiger partial charge in [-0.05, 0) is 6.26 Å². The molecule has 0 saturated carbocycles. The average molecular weight is 241 g/mol. The highest BCUT2D eigenvalue weighted by atomic mass is 32.2. The topological polar surface area (TPSA) is 84.1 Å². The number of nitrogen functional groups attached to an aromatic ring is 1. The number of likely N-dealkylation sites (N-methyl/N-ethyl adjacent to an activating group) is 1. The van der Waals surface area contributed by atoms with Crippen LogP contribution in [0.25, 0.3) is 0 Å². The van der Waals surface area contributed by atoms with E-state index in [-0.39, 0.29) is 12.5 Å². The number of thioether (sulfide) groups is 1. The minimum atomic E-state index is -0.0251. The van der Waals surface area contributed by atoms with Gasteiger partial charge in [0.1, 0.15) is 11.6 Å². The van der Waals surface area contributed by atoms with Gasteiger partial charge in [-0.1, -0.05) is 11.8 Å². The Labute approximate surface area is 98.6 Å². The zero-order chi connectivity index (χ0) is 12.1. The van der Waals surface area contributed by atoms with Crippen LogP contribution in [0.1, 0.15) is 0 Å². The second-order valence-electron chi connectivity index (χ2n) is 3.31. The lowest BCUT2D eigenvalue weighted by Crippen LogP contribution is -2.28. The van der Waals surface area contributed by atoms with Crippen molar-refractivity contribution in [3.8, 4) is 0 Å². The van der Waals surface area contributed by atoms with Crippen LogP contribution in [0, 0.1) is 0 Å². The van der Waals surface area contributed by atoms with Gasteiger partial charge in [0, 0.05) is 20.2 Å². The molecule has 0 aliphatic heterocycles. The summed E-state index contributed by atoms with van der Waals surface area (Å²) < 4.78 is 0. The lowest BCUT2D eigenvalue weighted by Gasteiger charge is -2.11. The van der Waals surface area contributed by atoms with Crippen LogP contribution in [0.3, 0.4) is 0 Å². The number of rotatable bonds is 4. The third-order valence-electron chi connectivity index (χ3n) is 1.83. The molecule has 1 rings (SSSR count). The number of carbonyl (C=O) groups excluding carboxylic acids is 1. The van der Waals surface area contributed by atoms with Crippen LogP contribution >= 0.6 is 11.8 Å². The fourth-order valence-electron chi connectivity index (χ4n) is 0.949. The van der Waals surface area contributed by atoms with E-state index in [9.17, 15) is 4.79 Å². The molecule has 1 aromatic heterocycles. The van der Waals surface area contributed by atoms with Gasteiger partial charge in [-0.15, -0.1) is 0 Å². The molecule has 3 N–H and O–H groups in total. The number of nitrogens with zero attached hydrogens (tertiary/aromatic N) is 3. The maximum absolute atomic E-state index is 11.3. The maximum Gasteiger partial charge on any atom is 0.241 e. The Balaban J connectivity index is 2.67. The third-order valence-corrected chi connectivity index (χ3v) is 2.38.